The van der Waals surface area contributed by atoms with E-state index in [1.807, 2.05) is 48.5 Å². The molecule has 1 aliphatic heterocycles. The average molecular weight is 373 g/mol. The van der Waals surface area contributed by atoms with E-state index < -0.39 is 7.12 Å². The van der Waals surface area contributed by atoms with Crippen molar-refractivity contribution >= 4 is 18.4 Å². The summed E-state index contributed by atoms with van der Waals surface area (Å²) in [5, 5.41) is 18.2. The summed E-state index contributed by atoms with van der Waals surface area (Å²) in [7, 11) is -0.970. The SMILES string of the molecule is N=C(N)c1ccc([C@@H]2Cc3ccccc3B(O)O2)cc1OCc1cccnc1. The number of nitrogen functional groups attached to an aromatic ring is 1. The lowest BCUT2D eigenvalue weighted by molar-refractivity contribution is 0.167. The summed E-state index contributed by atoms with van der Waals surface area (Å²) in [5.74, 6) is 0.438. The van der Waals surface area contributed by atoms with Crippen LogP contribution in [-0.2, 0) is 17.7 Å². The second-order valence-corrected chi connectivity index (χ2v) is 6.70. The molecule has 0 unspecified atom stereocenters. The molecule has 0 bridgehead atoms. The molecule has 0 fully saturated rings. The van der Waals surface area contributed by atoms with E-state index in [0.29, 0.717) is 24.3 Å². The van der Waals surface area contributed by atoms with Gasteiger partial charge in [0, 0.05) is 24.4 Å². The quantitative estimate of drug-likeness (QED) is 0.361. The Hall–Kier alpha value is -3.16. The van der Waals surface area contributed by atoms with Crippen LogP contribution in [0.2, 0.25) is 0 Å². The Balaban J connectivity index is 1.61. The molecule has 2 heterocycles. The van der Waals surface area contributed by atoms with Crippen LogP contribution in [0.25, 0.3) is 0 Å². The van der Waals surface area contributed by atoms with E-state index in [2.05, 4.69) is 4.98 Å². The predicted octanol–water partition coefficient (Wildman–Crippen LogP) is 1.95. The number of nitrogens with two attached hydrogens (primary N) is 1. The molecule has 28 heavy (non-hydrogen) atoms. The molecule has 7 heteroatoms. The maximum atomic E-state index is 10.3. The molecule has 0 radical (unpaired) electrons. The predicted molar refractivity (Wildman–Crippen MR) is 108 cm³/mol. The largest absolute Gasteiger partial charge is 0.491 e. The second kappa shape index (κ2) is 7.84. The van der Waals surface area contributed by atoms with Crippen LogP contribution in [0.4, 0.5) is 0 Å². The molecule has 3 aromatic rings. The number of aromatic nitrogens is 1. The molecule has 6 nitrogen and oxygen atoms in total. The molecule has 0 aliphatic carbocycles. The van der Waals surface area contributed by atoms with Crippen molar-refractivity contribution in [1.29, 1.82) is 5.41 Å². The summed E-state index contributed by atoms with van der Waals surface area (Å²) in [5.41, 5.74) is 9.87. The highest BCUT2D eigenvalue weighted by Crippen LogP contribution is 2.31. The molecule has 1 aliphatic rings. The number of benzene rings is 2. The number of hydrogen-bond acceptors (Lipinski definition) is 5. The van der Waals surface area contributed by atoms with Crippen molar-refractivity contribution in [3.05, 3.63) is 89.2 Å². The fraction of sp³-hybridized carbons (Fsp3) is 0.143. The standard InChI is InChI=1S/C21H20BN3O3/c23-21(24)17-8-7-16(11-20(17)27-13-14-4-3-9-25-12-14)19-10-15-5-1-2-6-18(15)22(26)28-19/h1-9,11-12,19,26H,10,13H2,(H3,23,24)/t19-/m0/s1. The first-order valence-corrected chi connectivity index (χ1v) is 9.03. The Labute approximate surface area is 163 Å². The second-order valence-electron chi connectivity index (χ2n) is 6.70. The zero-order chi connectivity index (χ0) is 19.5. The first-order valence-electron chi connectivity index (χ1n) is 9.03. The minimum atomic E-state index is -0.970. The van der Waals surface area contributed by atoms with Crippen molar-refractivity contribution < 1.29 is 14.4 Å². The van der Waals surface area contributed by atoms with Gasteiger partial charge in [-0.05, 0) is 34.8 Å². The average Bonchev–Trinajstić information content (AvgIpc) is 2.72. The monoisotopic (exact) mass is 373 g/mol. The van der Waals surface area contributed by atoms with Crippen LogP contribution >= 0.6 is 0 Å². The van der Waals surface area contributed by atoms with Gasteiger partial charge < -0.3 is 20.1 Å². The van der Waals surface area contributed by atoms with Gasteiger partial charge in [0.2, 0.25) is 0 Å². The molecule has 1 aromatic heterocycles. The molecule has 0 saturated heterocycles. The van der Waals surface area contributed by atoms with Gasteiger partial charge in [0.15, 0.2) is 0 Å². The number of fused-ring (bicyclic) bond motifs is 1. The van der Waals surface area contributed by atoms with Gasteiger partial charge >= 0.3 is 7.12 Å². The number of ether oxygens (including phenoxy) is 1. The number of pyridine rings is 1. The first kappa shape index (κ1) is 18.2. The Morgan fingerprint density at radius 3 is 2.89 bits per heavy atom. The smallest absolute Gasteiger partial charge is 0.488 e. The summed E-state index contributed by atoms with van der Waals surface area (Å²) in [6.07, 6.45) is 3.77. The van der Waals surface area contributed by atoms with Crippen LogP contribution in [0.15, 0.2) is 67.0 Å². The Morgan fingerprint density at radius 1 is 1.25 bits per heavy atom. The molecule has 0 amide bonds. The normalized spacial score (nSPS) is 15.8. The van der Waals surface area contributed by atoms with E-state index in [1.165, 1.54) is 0 Å². The third-order valence-electron chi connectivity index (χ3n) is 4.80. The van der Waals surface area contributed by atoms with E-state index in [0.717, 1.165) is 22.2 Å². The van der Waals surface area contributed by atoms with E-state index in [1.54, 1.807) is 18.5 Å². The Bertz CT molecular complexity index is 997. The van der Waals surface area contributed by atoms with Gasteiger partial charge in [0.05, 0.1) is 11.7 Å². The Kier molecular flexibility index (Phi) is 5.10. The summed E-state index contributed by atoms with van der Waals surface area (Å²) in [6, 6.07) is 16.9. The molecule has 4 N–H and O–H groups in total. The lowest BCUT2D eigenvalue weighted by Crippen LogP contribution is -2.42. The number of nitrogens with zero attached hydrogens (tertiary/aromatic N) is 1. The summed E-state index contributed by atoms with van der Waals surface area (Å²) >= 11 is 0. The highest BCUT2D eigenvalue weighted by Gasteiger charge is 2.31. The molecule has 0 spiro atoms. The Morgan fingerprint density at radius 2 is 2.11 bits per heavy atom. The maximum Gasteiger partial charge on any atom is 0.491 e. The van der Waals surface area contributed by atoms with Crippen LogP contribution in [0.3, 0.4) is 0 Å². The first-order chi connectivity index (χ1) is 13.6. The van der Waals surface area contributed by atoms with Gasteiger partial charge in [0.25, 0.3) is 0 Å². The van der Waals surface area contributed by atoms with E-state index in [9.17, 15) is 5.02 Å². The lowest BCUT2D eigenvalue weighted by atomic mass is 9.71. The van der Waals surface area contributed by atoms with Gasteiger partial charge in [0.1, 0.15) is 18.2 Å². The zero-order valence-corrected chi connectivity index (χ0v) is 15.2. The summed E-state index contributed by atoms with van der Waals surface area (Å²) in [6.45, 7) is 0.314. The zero-order valence-electron chi connectivity index (χ0n) is 15.2. The third-order valence-corrected chi connectivity index (χ3v) is 4.80. The van der Waals surface area contributed by atoms with Crippen LogP contribution in [0, 0.1) is 5.41 Å². The molecule has 4 rings (SSSR count). The van der Waals surface area contributed by atoms with Crippen molar-refractivity contribution in [1.82, 2.24) is 4.98 Å². The van der Waals surface area contributed by atoms with Crippen LogP contribution in [0.1, 0.15) is 28.4 Å². The van der Waals surface area contributed by atoms with Gasteiger partial charge in [-0.1, -0.05) is 36.4 Å². The van der Waals surface area contributed by atoms with Gasteiger partial charge in [-0.2, -0.15) is 0 Å². The topological polar surface area (TPSA) is 101 Å². The van der Waals surface area contributed by atoms with Crippen LogP contribution < -0.4 is 15.9 Å². The van der Waals surface area contributed by atoms with Crippen LogP contribution in [0.5, 0.6) is 5.75 Å². The highest BCUT2D eigenvalue weighted by molar-refractivity contribution is 6.60. The van der Waals surface area contributed by atoms with E-state index >= 15 is 0 Å². The lowest BCUT2D eigenvalue weighted by Gasteiger charge is -2.28. The van der Waals surface area contributed by atoms with Crippen LogP contribution in [-0.4, -0.2) is 23.0 Å². The fourth-order valence-corrected chi connectivity index (χ4v) is 3.36. The van der Waals surface area contributed by atoms with Crippen molar-refractivity contribution in [3.63, 3.8) is 0 Å². The molecular weight excluding hydrogens is 353 g/mol. The van der Waals surface area contributed by atoms with Crippen molar-refractivity contribution in [2.45, 2.75) is 19.1 Å². The molecule has 140 valence electrons. The molecule has 1 atom stereocenters. The molecular formula is C21H20BN3O3. The number of nitrogens with one attached hydrogen (secondary N) is 1. The van der Waals surface area contributed by atoms with E-state index in [4.69, 9.17) is 20.5 Å². The minimum Gasteiger partial charge on any atom is -0.488 e. The summed E-state index contributed by atoms with van der Waals surface area (Å²) < 4.78 is 11.8. The molecule has 2 aromatic carbocycles. The number of amidine groups is 1. The van der Waals surface area contributed by atoms with Gasteiger partial charge in [-0.3, -0.25) is 10.4 Å². The van der Waals surface area contributed by atoms with Gasteiger partial charge in [-0.25, -0.2) is 0 Å². The third kappa shape index (κ3) is 3.76. The summed E-state index contributed by atoms with van der Waals surface area (Å²) in [4.78, 5) is 4.08. The van der Waals surface area contributed by atoms with Crippen molar-refractivity contribution in [3.8, 4) is 5.75 Å². The highest BCUT2D eigenvalue weighted by atomic mass is 16.5. The minimum absolute atomic E-state index is 0.0670. The van der Waals surface area contributed by atoms with Crippen molar-refractivity contribution in [2.24, 2.45) is 5.73 Å². The van der Waals surface area contributed by atoms with E-state index in [-0.39, 0.29) is 11.9 Å². The number of rotatable bonds is 5. The van der Waals surface area contributed by atoms with Crippen molar-refractivity contribution in [2.75, 3.05) is 0 Å². The maximum absolute atomic E-state index is 10.3. The van der Waals surface area contributed by atoms with Gasteiger partial charge in [-0.15, -0.1) is 0 Å². The fourth-order valence-electron chi connectivity index (χ4n) is 3.36. The number of hydrogen-bond donors (Lipinski definition) is 3. The molecule has 0 saturated carbocycles.